The Bertz CT molecular complexity index is 1250. The van der Waals surface area contributed by atoms with Gasteiger partial charge in [0.25, 0.3) is 11.7 Å². The number of hydrogen-bond acceptors (Lipinski definition) is 5. The van der Waals surface area contributed by atoms with Crippen LogP contribution in [0.1, 0.15) is 17.2 Å². The van der Waals surface area contributed by atoms with E-state index in [1.165, 1.54) is 42.7 Å². The number of halogens is 3. The number of anilines is 1. The molecule has 6 nitrogen and oxygen atoms in total. The first-order valence-electron chi connectivity index (χ1n) is 8.94. The quantitative estimate of drug-likeness (QED) is 0.357. The van der Waals surface area contributed by atoms with Gasteiger partial charge < -0.3 is 10.2 Å². The molecule has 1 unspecified atom stereocenters. The third kappa shape index (κ3) is 3.51. The molecular weight excluding hydrogens is 430 g/mol. The summed E-state index contributed by atoms with van der Waals surface area (Å²) >= 11 is 6.01. The molecule has 4 rings (SSSR count). The number of phenolic OH excluding ortho intramolecular Hbond substituents is 1. The van der Waals surface area contributed by atoms with Gasteiger partial charge in [-0.1, -0.05) is 17.7 Å². The van der Waals surface area contributed by atoms with Crippen molar-refractivity contribution in [3.8, 4) is 5.75 Å². The van der Waals surface area contributed by atoms with Crippen LogP contribution in [0.2, 0.25) is 5.02 Å². The molecule has 2 heterocycles. The van der Waals surface area contributed by atoms with Crippen LogP contribution in [-0.2, 0) is 9.59 Å². The number of nitrogens with zero attached hydrogens (tertiary/aromatic N) is 2. The second kappa shape index (κ2) is 7.81. The van der Waals surface area contributed by atoms with Gasteiger partial charge in [0.1, 0.15) is 11.5 Å². The van der Waals surface area contributed by atoms with E-state index in [4.69, 9.17) is 11.6 Å². The number of amides is 1. The smallest absolute Gasteiger partial charge is 0.300 e. The fraction of sp³-hybridized carbons (Fsp3) is 0.0455. The van der Waals surface area contributed by atoms with Crippen molar-refractivity contribution in [3.63, 3.8) is 0 Å². The van der Waals surface area contributed by atoms with Gasteiger partial charge in [0.05, 0.1) is 16.6 Å². The Morgan fingerprint density at radius 1 is 1.00 bits per heavy atom. The molecule has 0 saturated carbocycles. The predicted octanol–water partition coefficient (Wildman–Crippen LogP) is 4.35. The van der Waals surface area contributed by atoms with E-state index in [1.807, 2.05) is 0 Å². The molecule has 3 aromatic rings. The van der Waals surface area contributed by atoms with E-state index in [0.29, 0.717) is 0 Å². The molecule has 9 heteroatoms. The minimum Gasteiger partial charge on any atom is -0.507 e. The van der Waals surface area contributed by atoms with Crippen LogP contribution in [0.3, 0.4) is 0 Å². The first-order chi connectivity index (χ1) is 14.8. The lowest BCUT2D eigenvalue weighted by molar-refractivity contribution is -0.132. The van der Waals surface area contributed by atoms with Crippen molar-refractivity contribution in [2.75, 3.05) is 4.90 Å². The fourth-order valence-electron chi connectivity index (χ4n) is 3.41. The number of pyridine rings is 1. The number of aromatic nitrogens is 1. The van der Waals surface area contributed by atoms with Crippen molar-refractivity contribution in [1.82, 2.24) is 4.98 Å². The average Bonchev–Trinajstić information content (AvgIpc) is 3.03. The van der Waals surface area contributed by atoms with Crippen LogP contribution in [0.5, 0.6) is 5.75 Å². The van der Waals surface area contributed by atoms with E-state index in [0.717, 1.165) is 23.1 Å². The summed E-state index contributed by atoms with van der Waals surface area (Å²) in [5.41, 5.74) is 0.127. The highest BCUT2D eigenvalue weighted by atomic mass is 35.5. The van der Waals surface area contributed by atoms with Crippen molar-refractivity contribution in [3.05, 3.63) is 94.3 Å². The molecule has 2 aromatic carbocycles. The number of phenols is 1. The van der Waals surface area contributed by atoms with Crippen molar-refractivity contribution >= 4 is 34.7 Å². The van der Waals surface area contributed by atoms with Gasteiger partial charge in [-0.25, -0.2) is 8.78 Å². The van der Waals surface area contributed by atoms with Crippen LogP contribution in [-0.4, -0.2) is 26.9 Å². The minimum absolute atomic E-state index is 0.0581. The van der Waals surface area contributed by atoms with Gasteiger partial charge in [-0.15, -0.1) is 0 Å². The Labute approximate surface area is 179 Å². The number of aliphatic hydroxyl groups is 1. The van der Waals surface area contributed by atoms with E-state index in [9.17, 15) is 28.6 Å². The summed E-state index contributed by atoms with van der Waals surface area (Å²) in [4.78, 5) is 30.6. The molecule has 1 fully saturated rings. The molecule has 1 atom stereocenters. The Morgan fingerprint density at radius 3 is 2.35 bits per heavy atom. The highest BCUT2D eigenvalue weighted by Gasteiger charge is 2.47. The second-order valence-corrected chi connectivity index (χ2v) is 7.12. The minimum atomic E-state index is -1.21. The molecule has 1 aliphatic heterocycles. The number of Topliss-reactive ketones (excluding diaryl/α,β-unsaturated/α-hetero) is 1. The topological polar surface area (TPSA) is 90.7 Å². The first-order valence-corrected chi connectivity index (χ1v) is 9.32. The Hall–Kier alpha value is -3.78. The lowest BCUT2D eigenvalue weighted by Crippen LogP contribution is -2.29. The molecule has 0 bridgehead atoms. The van der Waals surface area contributed by atoms with E-state index in [2.05, 4.69) is 4.98 Å². The number of ketones is 1. The largest absolute Gasteiger partial charge is 0.507 e. The molecule has 0 spiro atoms. The number of rotatable bonds is 3. The number of aromatic hydroxyl groups is 1. The fourth-order valence-corrected chi connectivity index (χ4v) is 3.60. The van der Waals surface area contributed by atoms with Crippen molar-refractivity contribution < 1.29 is 28.6 Å². The summed E-state index contributed by atoms with van der Waals surface area (Å²) in [5, 5.41) is 20.6. The molecule has 1 amide bonds. The molecular formula is C22H13ClF2N2O4. The summed E-state index contributed by atoms with van der Waals surface area (Å²) < 4.78 is 27.4. The zero-order chi connectivity index (χ0) is 22.3. The summed E-state index contributed by atoms with van der Waals surface area (Å²) in [6, 6.07) is 8.42. The molecule has 1 aromatic heterocycles. The van der Waals surface area contributed by atoms with Gasteiger partial charge in [-0.2, -0.15) is 0 Å². The van der Waals surface area contributed by atoms with E-state index in [-0.39, 0.29) is 33.2 Å². The van der Waals surface area contributed by atoms with Gasteiger partial charge in [0.2, 0.25) is 0 Å². The van der Waals surface area contributed by atoms with Crippen molar-refractivity contribution in [1.29, 1.82) is 0 Å². The maximum atomic E-state index is 13.9. The predicted molar refractivity (Wildman–Crippen MR) is 108 cm³/mol. The summed E-state index contributed by atoms with van der Waals surface area (Å²) in [5.74, 6) is -5.11. The highest BCUT2D eigenvalue weighted by Crippen LogP contribution is 2.43. The molecule has 1 saturated heterocycles. The third-order valence-electron chi connectivity index (χ3n) is 4.87. The number of aliphatic hydroxyl groups excluding tert-OH is 1. The maximum Gasteiger partial charge on any atom is 0.300 e. The summed E-state index contributed by atoms with van der Waals surface area (Å²) in [7, 11) is 0. The zero-order valence-corrected chi connectivity index (χ0v) is 16.3. The summed E-state index contributed by atoms with van der Waals surface area (Å²) in [6.07, 6.45) is 2.79. The number of carbonyl (C=O) groups excluding carboxylic acids is 2. The lowest BCUT2D eigenvalue weighted by atomic mass is 9.95. The van der Waals surface area contributed by atoms with Crippen LogP contribution in [0.4, 0.5) is 14.5 Å². The van der Waals surface area contributed by atoms with Crippen LogP contribution in [0.15, 0.2) is 66.5 Å². The van der Waals surface area contributed by atoms with Gasteiger partial charge in [-0.05, 0) is 42.0 Å². The molecule has 2 N–H and O–H groups in total. The normalized spacial score (nSPS) is 17.9. The molecule has 31 heavy (non-hydrogen) atoms. The van der Waals surface area contributed by atoms with Gasteiger partial charge in [-0.3, -0.25) is 19.5 Å². The van der Waals surface area contributed by atoms with Crippen molar-refractivity contribution in [2.45, 2.75) is 6.04 Å². The summed E-state index contributed by atoms with van der Waals surface area (Å²) in [6.45, 7) is 0. The van der Waals surface area contributed by atoms with Crippen LogP contribution >= 0.6 is 11.6 Å². The number of carbonyl (C=O) groups is 2. The zero-order valence-electron chi connectivity index (χ0n) is 15.6. The van der Waals surface area contributed by atoms with Gasteiger partial charge in [0, 0.05) is 29.7 Å². The van der Waals surface area contributed by atoms with Crippen LogP contribution in [0.25, 0.3) is 5.76 Å². The second-order valence-electron chi connectivity index (χ2n) is 6.71. The maximum absolute atomic E-state index is 13.9. The van der Waals surface area contributed by atoms with Gasteiger partial charge in [0.15, 0.2) is 11.6 Å². The van der Waals surface area contributed by atoms with Crippen LogP contribution < -0.4 is 4.90 Å². The van der Waals surface area contributed by atoms with E-state index in [1.54, 1.807) is 0 Å². The third-order valence-corrected chi connectivity index (χ3v) is 5.17. The molecule has 156 valence electrons. The van der Waals surface area contributed by atoms with Crippen LogP contribution in [0, 0.1) is 11.6 Å². The average molecular weight is 443 g/mol. The van der Waals surface area contributed by atoms with E-state index >= 15 is 0 Å². The first kappa shape index (κ1) is 20.5. The number of hydrogen-bond donors (Lipinski definition) is 2. The van der Waals surface area contributed by atoms with Gasteiger partial charge >= 0.3 is 0 Å². The Morgan fingerprint density at radius 2 is 1.71 bits per heavy atom. The Kier molecular flexibility index (Phi) is 5.16. The molecule has 0 radical (unpaired) electrons. The number of benzene rings is 2. The monoisotopic (exact) mass is 442 g/mol. The molecule has 0 aliphatic carbocycles. The highest BCUT2D eigenvalue weighted by molar-refractivity contribution is 6.51. The SMILES string of the molecule is O=C1C(=O)N(c2ccc(F)c(F)c2)C(c2ccc(O)c(Cl)c2)/C1=C(\O)c1ccncc1. The Balaban J connectivity index is 1.98. The molecule has 1 aliphatic rings. The lowest BCUT2D eigenvalue weighted by Gasteiger charge is -2.25. The van der Waals surface area contributed by atoms with E-state index < -0.39 is 35.1 Å². The van der Waals surface area contributed by atoms with Crippen molar-refractivity contribution in [2.24, 2.45) is 0 Å². The standard InChI is InChI=1S/C22H13ClF2N2O4/c23-14-9-12(1-4-17(14)28)19-18(20(29)11-5-7-26-8-6-11)21(30)22(31)27(19)13-2-3-15(24)16(25)10-13/h1-10,19,28-29H/b20-18+.